The number of aromatic nitrogens is 1. The number of hydrogen-bond acceptors (Lipinski definition) is 3. The van der Waals surface area contributed by atoms with Gasteiger partial charge in [0.15, 0.2) is 0 Å². The van der Waals surface area contributed by atoms with E-state index in [0.29, 0.717) is 0 Å². The Labute approximate surface area is 115 Å². The van der Waals surface area contributed by atoms with Gasteiger partial charge in [-0.3, -0.25) is 4.98 Å². The third-order valence-corrected chi connectivity index (χ3v) is 3.10. The Morgan fingerprint density at radius 1 is 1.16 bits per heavy atom. The molecule has 0 bridgehead atoms. The van der Waals surface area contributed by atoms with Crippen molar-refractivity contribution in [2.45, 2.75) is 13.5 Å². The van der Waals surface area contributed by atoms with Gasteiger partial charge < -0.3 is 10.2 Å². The Balaban J connectivity index is 1.74. The monoisotopic (exact) mass is 255 g/mol. The molecular formula is C16H21N3. The molecule has 0 radical (unpaired) electrons. The lowest BCUT2D eigenvalue weighted by molar-refractivity contribution is 0.669. The van der Waals surface area contributed by atoms with Crippen LogP contribution in [0.4, 0.5) is 5.69 Å². The van der Waals surface area contributed by atoms with Gasteiger partial charge in [0.1, 0.15) is 0 Å². The SMILES string of the molecule is Cc1cccc(N(C)CCNCc2ccccn2)c1. The normalized spacial score (nSPS) is 10.4. The zero-order valence-corrected chi connectivity index (χ0v) is 11.6. The zero-order chi connectivity index (χ0) is 13.5. The van der Waals surface area contributed by atoms with Crippen molar-refractivity contribution in [3.63, 3.8) is 0 Å². The quantitative estimate of drug-likeness (QED) is 0.804. The number of nitrogens with zero attached hydrogens (tertiary/aromatic N) is 2. The number of benzene rings is 1. The van der Waals surface area contributed by atoms with E-state index in [2.05, 4.69) is 53.4 Å². The maximum atomic E-state index is 4.29. The van der Waals surface area contributed by atoms with Crippen molar-refractivity contribution in [2.75, 3.05) is 25.0 Å². The Bertz CT molecular complexity index is 496. The number of anilines is 1. The molecule has 2 aromatic rings. The number of likely N-dealkylation sites (N-methyl/N-ethyl adjacent to an activating group) is 1. The molecule has 1 heterocycles. The molecule has 1 N–H and O–H groups in total. The first kappa shape index (κ1) is 13.6. The minimum atomic E-state index is 0.822. The van der Waals surface area contributed by atoms with Crippen LogP contribution >= 0.6 is 0 Å². The molecule has 0 saturated carbocycles. The van der Waals surface area contributed by atoms with Gasteiger partial charge in [0.05, 0.1) is 5.69 Å². The molecule has 2 rings (SSSR count). The van der Waals surface area contributed by atoms with E-state index >= 15 is 0 Å². The molecule has 0 saturated heterocycles. The third-order valence-electron chi connectivity index (χ3n) is 3.10. The van der Waals surface area contributed by atoms with Crippen LogP contribution in [0.5, 0.6) is 0 Å². The van der Waals surface area contributed by atoms with Crippen LogP contribution in [0.15, 0.2) is 48.7 Å². The second-order valence-corrected chi connectivity index (χ2v) is 4.76. The minimum Gasteiger partial charge on any atom is -0.373 e. The fourth-order valence-corrected chi connectivity index (χ4v) is 1.96. The maximum absolute atomic E-state index is 4.29. The maximum Gasteiger partial charge on any atom is 0.0541 e. The van der Waals surface area contributed by atoms with E-state index in [9.17, 15) is 0 Å². The summed E-state index contributed by atoms with van der Waals surface area (Å²) in [6.07, 6.45) is 1.83. The Morgan fingerprint density at radius 2 is 2.05 bits per heavy atom. The van der Waals surface area contributed by atoms with Crippen molar-refractivity contribution in [3.05, 3.63) is 59.9 Å². The first-order chi connectivity index (χ1) is 9.25. The van der Waals surface area contributed by atoms with Gasteiger partial charge in [0, 0.05) is 38.6 Å². The molecule has 0 atom stereocenters. The first-order valence-corrected chi connectivity index (χ1v) is 6.64. The fraction of sp³-hybridized carbons (Fsp3) is 0.312. The van der Waals surface area contributed by atoms with Crippen molar-refractivity contribution < 1.29 is 0 Å². The predicted molar refractivity (Wildman–Crippen MR) is 80.4 cm³/mol. The molecule has 100 valence electrons. The second kappa shape index (κ2) is 6.90. The number of rotatable bonds is 6. The highest BCUT2D eigenvalue weighted by Gasteiger charge is 2.00. The van der Waals surface area contributed by atoms with Gasteiger partial charge in [0.2, 0.25) is 0 Å². The van der Waals surface area contributed by atoms with E-state index in [1.807, 2.05) is 24.4 Å². The highest BCUT2D eigenvalue weighted by atomic mass is 15.1. The summed E-state index contributed by atoms with van der Waals surface area (Å²) in [6.45, 7) is 4.87. The molecule has 0 spiro atoms. The molecule has 0 aliphatic rings. The average Bonchev–Trinajstić information content (AvgIpc) is 2.44. The van der Waals surface area contributed by atoms with Crippen LogP contribution in [0.25, 0.3) is 0 Å². The molecule has 1 aromatic heterocycles. The summed E-state index contributed by atoms with van der Waals surface area (Å²) in [7, 11) is 2.12. The van der Waals surface area contributed by atoms with Crippen LogP contribution in [0, 0.1) is 6.92 Å². The molecule has 3 nitrogen and oxygen atoms in total. The zero-order valence-electron chi connectivity index (χ0n) is 11.6. The van der Waals surface area contributed by atoms with Crippen molar-refractivity contribution in [1.29, 1.82) is 0 Å². The topological polar surface area (TPSA) is 28.2 Å². The minimum absolute atomic E-state index is 0.822. The molecule has 0 unspecified atom stereocenters. The summed E-state index contributed by atoms with van der Waals surface area (Å²) in [5.41, 5.74) is 3.64. The summed E-state index contributed by atoms with van der Waals surface area (Å²) < 4.78 is 0. The largest absolute Gasteiger partial charge is 0.373 e. The first-order valence-electron chi connectivity index (χ1n) is 6.64. The van der Waals surface area contributed by atoms with E-state index in [1.165, 1.54) is 11.3 Å². The summed E-state index contributed by atoms with van der Waals surface area (Å²) in [5, 5.41) is 3.41. The Morgan fingerprint density at radius 3 is 2.79 bits per heavy atom. The van der Waals surface area contributed by atoms with Crippen molar-refractivity contribution >= 4 is 5.69 Å². The molecule has 3 heteroatoms. The van der Waals surface area contributed by atoms with Crippen molar-refractivity contribution in [1.82, 2.24) is 10.3 Å². The highest BCUT2D eigenvalue weighted by Crippen LogP contribution is 2.13. The third kappa shape index (κ3) is 4.38. The Hall–Kier alpha value is -1.87. The van der Waals surface area contributed by atoms with E-state index in [1.54, 1.807) is 0 Å². The van der Waals surface area contributed by atoms with E-state index in [-0.39, 0.29) is 0 Å². The van der Waals surface area contributed by atoms with Crippen LogP contribution in [0.3, 0.4) is 0 Å². The van der Waals surface area contributed by atoms with Gasteiger partial charge >= 0.3 is 0 Å². The van der Waals surface area contributed by atoms with Gasteiger partial charge in [0.25, 0.3) is 0 Å². The van der Waals surface area contributed by atoms with Gasteiger partial charge in [-0.25, -0.2) is 0 Å². The summed E-state index contributed by atoms with van der Waals surface area (Å²) in [4.78, 5) is 6.55. The Kier molecular flexibility index (Phi) is 4.93. The molecule has 0 aliphatic heterocycles. The van der Waals surface area contributed by atoms with Crippen LogP contribution in [0.2, 0.25) is 0 Å². The summed E-state index contributed by atoms with van der Waals surface area (Å²) in [5.74, 6) is 0. The van der Waals surface area contributed by atoms with Crippen LogP contribution in [0.1, 0.15) is 11.3 Å². The molecular weight excluding hydrogens is 234 g/mol. The standard InChI is InChI=1S/C16H21N3/c1-14-6-5-8-16(12-14)19(2)11-10-17-13-15-7-3-4-9-18-15/h3-9,12,17H,10-11,13H2,1-2H3. The van der Waals surface area contributed by atoms with Gasteiger partial charge in [-0.05, 0) is 36.8 Å². The molecule has 0 fully saturated rings. The van der Waals surface area contributed by atoms with Gasteiger partial charge in [-0.15, -0.1) is 0 Å². The summed E-state index contributed by atoms with van der Waals surface area (Å²) in [6, 6.07) is 14.6. The van der Waals surface area contributed by atoms with Gasteiger partial charge in [-0.1, -0.05) is 18.2 Å². The molecule has 19 heavy (non-hydrogen) atoms. The number of pyridine rings is 1. The predicted octanol–water partition coefficient (Wildman–Crippen LogP) is 2.62. The van der Waals surface area contributed by atoms with E-state index in [0.717, 1.165) is 25.3 Å². The summed E-state index contributed by atoms with van der Waals surface area (Å²) >= 11 is 0. The number of aryl methyl sites for hydroxylation is 1. The van der Waals surface area contributed by atoms with Gasteiger partial charge in [-0.2, -0.15) is 0 Å². The lowest BCUT2D eigenvalue weighted by Crippen LogP contribution is -2.29. The van der Waals surface area contributed by atoms with Crippen molar-refractivity contribution in [3.8, 4) is 0 Å². The second-order valence-electron chi connectivity index (χ2n) is 4.76. The highest BCUT2D eigenvalue weighted by molar-refractivity contribution is 5.47. The van der Waals surface area contributed by atoms with E-state index in [4.69, 9.17) is 0 Å². The van der Waals surface area contributed by atoms with Crippen LogP contribution in [-0.2, 0) is 6.54 Å². The number of nitrogens with one attached hydrogen (secondary N) is 1. The van der Waals surface area contributed by atoms with Crippen LogP contribution in [-0.4, -0.2) is 25.1 Å². The fourth-order valence-electron chi connectivity index (χ4n) is 1.96. The van der Waals surface area contributed by atoms with Crippen molar-refractivity contribution in [2.24, 2.45) is 0 Å². The van der Waals surface area contributed by atoms with E-state index < -0.39 is 0 Å². The molecule has 0 aliphatic carbocycles. The lowest BCUT2D eigenvalue weighted by atomic mass is 10.2. The average molecular weight is 255 g/mol. The smallest absolute Gasteiger partial charge is 0.0541 e. The molecule has 0 amide bonds. The van der Waals surface area contributed by atoms with Crippen LogP contribution < -0.4 is 10.2 Å². The molecule has 1 aromatic carbocycles. The lowest BCUT2D eigenvalue weighted by Gasteiger charge is -2.20. The number of hydrogen-bond donors (Lipinski definition) is 1.